The van der Waals surface area contributed by atoms with Crippen LogP contribution in [0.25, 0.3) is 11.0 Å². The van der Waals surface area contributed by atoms with Crippen LogP contribution in [0.2, 0.25) is 5.02 Å². The largest absolute Gasteiger partial charge is 0.441 e. The van der Waals surface area contributed by atoms with Crippen molar-refractivity contribution in [2.45, 2.75) is 32.9 Å². The topological polar surface area (TPSA) is 58.2 Å². The monoisotopic (exact) mass is 473 g/mol. The van der Waals surface area contributed by atoms with Crippen molar-refractivity contribution in [1.82, 2.24) is 13.7 Å². The number of hydrogen-bond acceptors (Lipinski definition) is 3. The van der Waals surface area contributed by atoms with Gasteiger partial charge in [-0.1, -0.05) is 35.9 Å². The Hall–Kier alpha value is -3.39. The maximum atomic E-state index is 13.8. The molecule has 0 aliphatic carbocycles. The second kappa shape index (κ2) is 8.51. The molecular weight excluding hydrogens is 452 g/mol. The molecule has 4 rings (SSSR count). The van der Waals surface area contributed by atoms with Crippen molar-refractivity contribution in [3.8, 4) is 11.6 Å². The summed E-state index contributed by atoms with van der Waals surface area (Å²) in [4.78, 5) is 25.8. The zero-order valence-electron chi connectivity index (χ0n) is 18.3. The molecule has 9 heteroatoms. The van der Waals surface area contributed by atoms with Crippen molar-refractivity contribution in [2.24, 2.45) is 7.05 Å². The van der Waals surface area contributed by atoms with E-state index in [2.05, 4.69) is 0 Å². The first kappa shape index (κ1) is 22.8. The van der Waals surface area contributed by atoms with Gasteiger partial charge < -0.3 is 9.30 Å². The number of alkyl halides is 2. The van der Waals surface area contributed by atoms with Gasteiger partial charge in [0.25, 0.3) is 11.5 Å². The van der Waals surface area contributed by atoms with Crippen LogP contribution in [-0.4, -0.2) is 13.7 Å². The molecule has 0 aliphatic rings. The quantitative estimate of drug-likeness (QED) is 0.390. The zero-order valence-corrected chi connectivity index (χ0v) is 19.1. The van der Waals surface area contributed by atoms with Gasteiger partial charge in [0.1, 0.15) is 11.3 Å². The van der Waals surface area contributed by atoms with Crippen molar-refractivity contribution in [3.63, 3.8) is 0 Å². The molecule has 6 nitrogen and oxygen atoms in total. The van der Waals surface area contributed by atoms with E-state index < -0.39 is 17.2 Å². The van der Waals surface area contributed by atoms with Crippen LogP contribution in [0.1, 0.15) is 25.0 Å². The van der Waals surface area contributed by atoms with Crippen LogP contribution in [0.15, 0.2) is 64.2 Å². The normalized spacial score (nSPS) is 11.8. The molecule has 2 aromatic carbocycles. The summed E-state index contributed by atoms with van der Waals surface area (Å²) in [5.74, 6) is -2.60. The molecule has 0 N–H and O–H groups in total. The van der Waals surface area contributed by atoms with Crippen molar-refractivity contribution in [1.29, 1.82) is 0 Å². The van der Waals surface area contributed by atoms with E-state index in [-0.39, 0.29) is 35.8 Å². The molecule has 4 aromatic rings. The van der Waals surface area contributed by atoms with Crippen molar-refractivity contribution < 1.29 is 13.5 Å². The van der Waals surface area contributed by atoms with Crippen LogP contribution >= 0.6 is 11.6 Å². The molecule has 0 spiro atoms. The van der Waals surface area contributed by atoms with E-state index >= 15 is 0 Å². The molecule has 0 bridgehead atoms. The Balaban J connectivity index is 1.92. The number of nitrogens with zero attached hydrogens (tertiary/aromatic N) is 3. The molecule has 0 unspecified atom stereocenters. The highest BCUT2D eigenvalue weighted by molar-refractivity contribution is 6.30. The zero-order chi connectivity index (χ0) is 23.9. The van der Waals surface area contributed by atoms with Gasteiger partial charge in [0, 0.05) is 37.2 Å². The van der Waals surface area contributed by atoms with E-state index in [9.17, 15) is 18.4 Å². The van der Waals surface area contributed by atoms with Crippen molar-refractivity contribution >= 4 is 22.6 Å². The van der Waals surface area contributed by atoms with Gasteiger partial charge in [-0.2, -0.15) is 0 Å². The third-order valence-corrected chi connectivity index (χ3v) is 5.75. The minimum atomic E-state index is -3.03. The van der Waals surface area contributed by atoms with E-state index in [4.69, 9.17) is 16.3 Å². The highest BCUT2D eigenvalue weighted by Crippen LogP contribution is 2.33. The number of halogens is 3. The second-order valence-corrected chi connectivity index (χ2v) is 8.27. The van der Waals surface area contributed by atoms with Gasteiger partial charge in [0.05, 0.1) is 12.1 Å². The lowest BCUT2D eigenvalue weighted by Gasteiger charge is -2.14. The number of rotatable bonds is 6. The van der Waals surface area contributed by atoms with Crippen LogP contribution in [0.5, 0.6) is 11.6 Å². The molecule has 0 radical (unpaired) electrons. The van der Waals surface area contributed by atoms with E-state index in [1.165, 1.54) is 22.8 Å². The maximum absolute atomic E-state index is 13.8. The fourth-order valence-corrected chi connectivity index (χ4v) is 3.86. The second-order valence-electron chi connectivity index (χ2n) is 7.84. The number of hydrogen-bond donors (Lipinski definition) is 0. The SMILES string of the molecule is CCn1c(=O)c2c(cc(Oc3cccc(C(C)(F)F)c3)n2Cc2ccc(Cl)cc2)n(C)c1=O. The summed E-state index contributed by atoms with van der Waals surface area (Å²) < 4.78 is 37.8. The summed E-state index contributed by atoms with van der Waals surface area (Å²) in [7, 11) is 1.57. The van der Waals surface area contributed by atoms with E-state index in [0.29, 0.717) is 10.5 Å². The number of aromatic nitrogens is 3. The lowest BCUT2D eigenvalue weighted by Crippen LogP contribution is -2.39. The average Bonchev–Trinajstić information content (AvgIpc) is 3.12. The minimum absolute atomic E-state index is 0.190. The first-order chi connectivity index (χ1) is 15.6. The van der Waals surface area contributed by atoms with E-state index in [1.54, 1.807) is 42.8 Å². The van der Waals surface area contributed by atoms with Gasteiger partial charge in [-0.3, -0.25) is 13.9 Å². The summed E-state index contributed by atoms with van der Waals surface area (Å²) in [5.41, 5.74) is 0.413. The van der Waals surface area contributed by atoms with E-state index in [0.717, 1.165) is 17.1 Å². The maximum Gasteiger partial charge on any atom is 0.331 e. The van der Waals surface area contributed by atoms with Crippen molar-refractivity contribution in [2.75, 3.05) is 0 Å². The Morgan fingerprint density at radius 3 is 2.36 bits per heavy atom. The molecule has 0 saturated heterocycles. The highest BCUT2D eigenvalue weighted by atomic mass is 35.5. The summed E-state index contributed by atoms with van der Waals surface area (Å²) in [5, 5.41) is 0.570. The van der Waals surface area contributed by atoms with Gasteiger partial charge in [-0.05, 0) is 36.8 Å². The van der Waals surface area contributed by atoms with Crippen molar-refractivity contribution in [3.05, 3.63) is 91.6 Å². The average molecular weight is 474 g/mol. The van der Waals surface area contributed by atoms with Gasteiger partial charge in [0.15, 0.2) is 0 Å². The third kappa shape index (κ3) is 4.30. The van der Waals surface area contributed by atoms with E-state index in [1.807, 2.05) is 12.1 Å². The molecule has 2 heterocycles. The Kier molecular flexibility index (Phi) is 5.88. The lowest BCUT2D eigenvalue weighted by molar-refractivity contribution is 0.0173. The molecule has 0 fully saturated rings. The van der Waals surface area contributed by atoms with Crippen LogP contribution in [-0.2, 0) is 26.1 Å². The Labute approximate surface area is 193 Å². The molecule has 33 heavy (non-hydrogen) atoms. The van der Waals surface area contributed by atoms with Crippen LogP contribution in [0.3, 0.4) is 0 Å². The first-order valence-electron chi connectivity index (χ1n) is 10.3. The van der Waals surface area contributed by atoms with Crippen LogP contribution in [0, 0.1) is 0 Å². The molecule has 0 amide bonds. The summed E-state index contributed by atoms with van der Waals surface area (Å²) in [6.45, 7) is 2.98. The molecule has 0 aliphatic heterocycles. The Morgan fingerprint density at radius 1 is 1.03 bits per heavy atom. The third-order valence-electron chi connectivity index (χ3n) is 5.50. The number of ether oxygens (including phenoxy) is 1. The fourth-order valence-electron chi connectivity index (χ4n) is 3.74. The smallest absolute Gasteiger partial charge is 0.331 e. The molecular formula is C24H22ClF2N3O3. The van der Waals surface area contributed by atoms with Crippen LogP contribution in [0.4, 0.5) is 8.78 Å². The van der Waals surface area contributed by atoms with Crippen LogP contribution < -0.4 is 16.0 Å². The molecule has 172 valence electrons. The number of benzene rings is 2. The number of aryl methyl sites for hydroxylation is 1. The lowest BCUT2D eigenvalue weighted by atomic mass is 10.1. The Morgan fingerprint density at radius 2 is 1.73 bits per heavy atom. The standard InChI is InChI=1S/C24H22ClF2N3O3/c1-4-29-22(31)21-19(28(3)23(29)32)13-20(30(21)14-15-8-10-17(25)11-9-15)33-18-7-5-6-16(12-18)24(2,26)27/h5-13H,4,14H2,1-3H3. The van der Waals surface area contributed by atoms with Gasteiger partial charge in [-0.25, -0.2) is 13.6 Å². The highest BCUT2D eigenvalue weighted by Gasteiger charge is 2.25. The minimum Gasteiger partial charge on any atom is -0.441 e. The van der Waals surface area contributed by atoms with Gasteiger partial charge in [-0.15, -0.1) is 0 Å². The summed E-state index contributed by atoms with van der Waals surface area (Å²) >= 11 is 6.00. The summed E-state index contributed by atoms with van der Waals surface area (Å²) in [6, 6.07) is 14.3. The Bertz CT molecular complexity index is 1450. The first-order valence-corrected chi connectivity index (χ1v) is 10.7. The molecule has 2 aromatic heterocycles. The number of fused-ring (bicyclic) bond motifs is 1. The predicted octanol–water partition coefficient (Wildman–Crippen LogP) is 5.13. The summed E-state index contributed by atoms with van der Waals surface area (Å²) in [6.07, 6.45) is 0. The fraction of sp³-hybridized carbons (Fsp3) is 0.250. The molecule has 0 saturated carbocycles. The van der Waals surface area contributed by atoms with Gasteiger partial charge in [0.2, 0.25) is 5.88 Å². The van der Waals surface area contributed by atoms with Gasteiger partial charge >= 0.3 is 5.69 Å². The predicted molar refractivity (Wildman–Crippen MR) is 124 cm³/mol. The molecule has 0 atom stereocenters.